The Morgan fingerprint density at radius 3 is 2.64 bits per heavy atom. The fourth-order valence-electron chi connectivity index (χ4n) is 2.66. The Kier molecular flexibility index (Phi) is 4.54. The van der Waals surface area contributed by atoms with Crippen LogP contribution in [0.2, 0.25) is 0 Å². The number of aryl methyl sites for hydroxylation is 1. The number of Topliss-reactive ketones (excluding diaryl/α,β-unsaturated/α-hetero) is 1. The van der Waals surface area contributed by atoms with Crippen LogP contribution in [-0.2, 0) is 9.53 Å². The maximum atomic E-state index is 13.3. The second-order valence-corrected chi connectivity index (χ2v) is 6.68. The second-order valence-electron chi connectivity index (χ2n) is 6.68. The number of ketones is 1. The van der Waals surface area contributed by atoms with Gasteiger partial charge < -0.3 is 9.64 Å². The van der Waals surface area contributed by atoms with E-state index >= 15 is 0 Å². The van der Waals surface area contributed by atoms with Gasteiger partial charge in [-0.25, -0.2) is 9.18 Å². The third kappa shape index (κ3) is 3.84. The number of nitrogens with zero attached hydrogens (tertiary/aromatic N) is 1. The van der Waals surface area contributed by atoms with Gasteiger partial charge in [-0.05, 0) is 51.0 Å². The van der Waals surface area contributed by atoms with Gasteiger partial charge in [-0.15, -0.1) is 0 Å². The molecule has 1 atom stereocenters. The summed E-state index contributed by atoms with van der Waals surface area (Å²) in [5, 5.41) is 0. The number of amides is 1. The predicted molar refractivity (Wildman–Crippen MR) is 81.1 cm³/mol. The number of piperidine rings is 1. The maximum Gasteiger partial charge on any atom is 0.410 e. The largest absolute Gasteiger partial charge is 0.444 e. The van der Waals surface area contributed by atoms with E-state index in [0.717, 1.165) is 11.1 Å². The van der Waals surface area contributed by atoms with Gasteiger partial charge >= 0.3 is 6.09 Å². The van der Waals surface area contributed by atoms with Crippen LogP contribution >= 0.6 is 0 Å². The van der Waals surface area contributed by atoms with Crippen LogP contribution in [0.15, 0.2) is 18.2 Å². The molecule has 0 N–H and O–H groups in total. The van der Waals surface area contributed by atoms with E-state index in [1.807, 2.05) is 0 Å². The summed E-state index contributed by atoms with van der Waals surface area (Å²) in [5.74, 6) is -0.222. The highest BCUT2D eigenvalue weighted by Crippen LogP contribution is 2.32. The van der Waals surface area contributed by atoms with E-state index in [1.54, 1.807) is 38.7 Å². The lowest BCUT2D eigenvalue weighted by Gasteiger charge is -2.37. The lowest BCUT2D eigenvalue weighted by Crippen LogP contribution is -2.44. The van der Waals surface area contributed by atoms with E-state index < -0.39 is 17.7 Å². The van der Waals surface area contributed by atoms with Crippen LogP contribution in [0.5, 0.6) is 0 Å². The molecule has 1 saturated heterocycles. The first-order valence-corrected chi connectivity index (χ1v) is 7.45. The minimum absolute atomic E-state index is 0.105. The Morgan fingerprint density at radius 1 is 1.36 bits per heavy atom. The second kappa shape index (κ2) is 6.07. The molecule has 0 radical (unpaired) electrons. The molecule has 0 unspecified atom stereocenters. The topological polar surface area (TPSA) is 46.6 Å². The zero-order valence-electron chi connectivity index (χ0n) is 13.5. The van der Waals surface area contributed by atoms with Crippen LogP contribution in [0.25, 0.3) is 0 Å². The number of carbonyl (C=O) groups is 2. The van der Waals surface area contributed by atoms with Gasteiger partial charge in [-0.3, -0.25) is 4.79 Å². The number of rotatable bonds is 1. The Hall–Kier alpha value is -1.91. The van der Waals surface area contributed by atoms with Crippen LogP contribution in [-0.4, -0.2) is 28.9 Å². The third-order valence-electron chi connectivity index (χ3n) is 3.65. The molecule has 0 bridgehead atoms. The normalized spacial score (nSPS) is 19.2. The van der Waals surface area contributed by atoms with Gasteiger partial charge in [0.05, 0.1) is 6.04 Å². The molecule has 1 aromatic carbocycles. The average molecular weight is 307 g/mol. The minimum Gasteiger partial charge on any atom is -0.444 e. The molecule has 1 fully saturated rings. The van der Waals surface area contributed by atoms with Gasteiger partial charge in [0.15, 0.2) is 0 Å². The van der Waals surface area contributed by atoms with Crippen molar-refractivity contribution in [1.29, 1.82) is 0 Å². The molecule has 1 amide bonds. The summed E-state index contributed by atoms with van der Waals surface area (Å²) < 4.78 is 18.7. The van der Waals surface area contributed by atoms with Gasteiger partial charge in [-0.1, -0.05) is 6.07 Å². The molecule has 4 nitrogen and oxygen atoms in total. The van der Waals surface area contributed by atoms with E-state index in [0.29, 0.717) is 13.0 Å². The van der Waals surface area contributed by atoms with Crippen LogP contribution in [0.4, 0.5) is 9.18 Å². The predicted octanol–water partition coefficient (Wildman–Crippen LogP) is 3.78. The summed E-state index contributed by atoms with van der Waals surface area (Å²) in [6.45, 7) is 7.52. The zero-order valence-corrected chi connectivity index (χ0v) is 13.5. The number of benzene rings is 1. The number of ether oxygens (including phenoxy) is 1. The molecule has 1 aliphatic heterocycles. The van der Waals surface area contributed by atoms with Crippen molar-refractivity contribution in [2.75, 3.05) is 6.54 Å². The van der Waals surface area contributed by atoms with Crippen molar-refractivity contribution in [2.24, 2.45) is 0 Å². The number of carbonyl (C=O) groups excluding carboxylic acids is 2. The van der Waals surface area contributed by atoms with Crippen LogP contribution in [0.3, 0.4) is 0 Å². The van der Waals surface area contributed by atoms with Crippen molar-refractivity contribution in [3.63, 3.8) is 0 Å². The minimum atomic E-state index is -0.596. The molecule has 0 saturated carbocycles. The summed E-state index contributed by atoms with van der Waals surface area (Å²) in [7, 11) is 0. The molecular formula is C17H22FNO3. The molecule has 5 heteroatoms. The summed E-state index contributed by atoms with van der Waals surface area (Å²) in [6, 6.07) is 4.03. The molecule has 0 spiro atoms. The molecule has 120 valence electrons. The summed E-state index contributed by atoms with van der Waals surface area (Å²) in [4.78, 5) is 25.8. The highest BCUT2D eigenvalue weighted by molar-refractivity contribution is 5.82. The zero-order chi connectivity index (χ0) is 16.5. The quantitative estimate of drug-likeness (QED) is 0.793. The molecule has 22 heavy (non-hydrogen) atoms. The molecule has 0 aromatic heterocycles. The first-order chi connectivity index (χ1) is 10.2. The van der Waals surface area contributed by atoms with Crippen molar-refractivity contribution in [1.82, 2.24) is 4.90 Å². The number of likely N-dealkylation sites (tertiary alicyclic amines) is 1. The van der Waals surface area contributed by atoms with Crippen molar-refractivity contribution in [2.45, 2.75) is 52.2 Å². The maximum absolute atomic E-state index is 13.3. The lowest BCUT2D eigenvalue weighted by molar-refractivity contribution is -0.123. The van der Waals surface area contributed by atoms with Gasteiger partial charge in [-0.2, -0.15) is 0 Å². The highest BCUT2D eigenvalue weighted by Gasteiger charge is 2.35. The first kappa shape index (κ1) is 16.5. The van der Waals surface area contributed by atoms with Gasteiger partial charge in [0.25, 0.3) is 0 Å². The van der Waals surface area contributed by atoms with Crippen molar-refractivity contribution < 1.29 is 18.7 Å². The van der Waals surface area contributed by atoms with E-state index in [-0.39, 0.29) is 18.0 Å². The monoisotopic (exact) mass is 307 g/mol. The summed E-state index contributed by atoms with van der Waals surface area (Å²) in [6.07, 6.45) is 0.135. The molecule has 1 aliphatic rings. The van der Waals surface area contributed by atoms with E-state index in [9.17, 15) is 14.0 Å². The Morgan fingerprint density at radius 2 is 2.05 bits per heavy atom. The van der Waals surface area contributed by atoms with Crippen molar-refractivity contribution in [3.8, 4) is 0 Å². The van der Waals surface area contributed by atoms with Gasteiger partial charge in [0, 0.05) is 19.4 Å². The fraction of sp³-hybridized carbons (Fsp3) is 0.529. The van der Waals surface area contributed by atoms with E-state index in [2.05, 4.69) is 0 Å². The standard InChI is InChI=1S/C17H22FNO3/c1-11-9-12(18)5-6-14(11)15-10-13(20)7-8-19(15)16(21)22-17(2,3)4/h5-6,9,15H,7-8,10H2,1-4H3/t15-/m1/s1. The van der Waals surface area contributed by atoms with Crippen LogP contribution < -0.4 is 0 Å². The summed E-state index contributed by atoms with van der Waals surface area (Å²) >= 11 is 0. The van der Waals surface area contributed by atoms with E-state index in [1.165, 1.54) is 12.1 Å². The molecule has 2 rings (SSSR count). The van der Waals surface area contributed by atoms with Crippen LogP contribution in [0, 0.1) is 12.7 Å². The molecule has 0 aliphatic carbocycles. The van der Waals surface area contributed by atoms with Gasteiger partial charge in [0.2, 0.25) is 0 Å². The first-order valence-electron chi connectivity index (χ1n) is 7.45. The molecular weight excluding hydrogens is 285 g/mol. The molecule has 1 aromatic rings. The lowest BCUT2D eigenvalue weighted by atomic mass is 9.92. The number of hydrogen-bond acceptors (Lipinski definition) is 3. The number of hydrogen-bond donors (Lipinski definition) is 0. The Bertz CT molecular complexity index is 592. The summed E-state index contributed by atoms with van der Waals surface area (Å²) in [5.41, 5.74) is 0.926. The SMILES string of the molecule is Cc1cc(F)ccc1[C@H]1CC(=O)CCN1C(=O)OC(C)(C)C. The Labute approximate surface area is 130 Å². The van der Waals surface area contributed by atoms with Crippen LogP contribution in [0.1, 0.15) is 50.8 Å². The molecule has 1 heterocycles. The smallest absolute Gasteiger partial charge is 0.410 e. The van der Waals surface area contributed by atoms with Crippen molar-refractivity contribution in [3.05, 3.63) is 35.1 Å². The van der Waals surface area contributed by atoms with Gasteiger partial charge in [0.1, 0.15) is 17.2 Å². The van der Waals surface area contributed by atoms with Crippen molar-refractivity contribution >= 4 is 11.9 Å². The Balaban J connectivity index is 2.31. The average Bonchev–Trinajstić information content (AvgIpc) is 2.36. The highest BCUT2D eigenvalue weighted by atomic mass is 19.1. The fourth-order valence-corrected chi connectivity index (χ4v) is 2.66. The van der Waals surface area contributed by atoms with E-state index in [4.69, 9.17) is 4.74 Å². The third-order valence-corrected chi connectivity index (χ3v) is 3.65. The number of halogens is 1.